The number of carbonyl (C=O) groups is 2. The molecule has 2 aliphatic carbocycles. The zero-order valence-electron chi connectivity index (χ0n) is 20.6. The Bertz CT molecular complexity index is 1220. The van der Waals surface area contributed by atoms with Crippen molar-refractivity contribution in [3.05, 3.63) is 30.2 Å². The average molecular weight is 527 g/mol. The van der Waals surface area contributed by atoms with Crippen LogP contribution in [0, 0.1) is 23.6 Å². The molecule has 0 radical (unpaired) electrons. The van der Waals surface area contributed by atoms with E-state index in [2.05, 4.69) is 42.8 Å². The number of hydrogen-bond acceptors (Lipinski definition) is 9. The van der Waals surface area contributed by atoms with Crippen molar-refractivity contribution in [2.45, 2.75) is 24.1 Å². The van der Waals surface area contributed by atoms with E-state index in [0.717, 1.165) is 56.6 Å². The third kappa shape index (κ3) is 4.68. The summed E-state index contributed by atoms with van der Waals surface area (Å²) in [5.41, 5.74) is 8.12. The number of nitrogens with one attached hydrogen (secondary N) is 3. The lowest BCUT2D eigenvalue weighted by molar-refractivity contribution is -0.123. The molecule has 1 saturated heterocycles. The molecule has 0 spiro atoms. The van der Waals surface area contributed by atoms with Crippen molar-refractivity contribution in [1.29, 1.82) is 0 Å². The average Bonchev–Trinajstić information content (AvgIpc) is 3.44. The van der Waals surface area contributed by atoms with E-state index in [9.17, 15) is 14.0 Å². The topological polar surface area (TPSA) is 129 Å². The van der Waals surface area contributed by atoms with E-state index < -0.39 is 11.7 Å². The Labute approximate surface area is 218 Å². The first-order valence-electron chi connectivity index (χ1n) is 12.7. The molecule has 5 N–H and O–H groups in total. The highest BCUT2D eigenvalue weighted by Gasteiger charge is 2.55. The molecule has 4 aliphatic rings. The Morgan fingerprint density at radius 2 is 2.00 bits per heavy atom. The Kier molecular flexibility index (Phi) is 6.31. The van der Waals surface area contributed by atoms with E-state index in [1.807, 2.05) is 18.2 Å². The lowest BCUT2D eigenvalue weighted by atomic mass is 9.83. The van der Waals surface area contributed by atoms with Gasteiger partial charge in [0.25, 0.3) is 0 Å². The molecule has 1 aromatic carbocycles. The molecule has 196 valence electrons. The van der Waals surface area contributed by atoms with Gasteiger partial charge in [-0.1, -0.05) is 0 Å². The van der Waals surface area contributed by atoms with Crippen LogP contribution in [-0.2, 0) is 9.59 Å². The van der Waals surface area contributed by atoms with Gasteiger partial charge in [-0.25, -0.2) is 9.37 Å². The summed E-state index contributed by atoms with van der Waals surface area (Å²) in [4.78, 5) is 38.5. The van der Waals surface area contributed by atoms with Crippen LogP contribution < -0.4 is 26.6 Å². The molecule has 2 aliphatic heterocycles. The molecule has 37 heavy (non-hydrogen) atoms. The smallest absolute Gasteiger partial charge is 0.234 e. The second kappa shape index (κ2) is 9.64. The summed E-state index contributed by atoms with van der Waals surface area (Å²) in [6.07, 6.45) is 2.75. The van der Waals surface area contributed by atoms with Crippen molar-refractivity contribution in [2.24, 2.45) is 23.5 Å². The van der Waals surface area contributed by atoms with Gasteiger partial charge >= 0.3 is 0 Å². The number of fused-ring (bicyclic) bond motifs is 5. The zero-order valence-corrected chi connectivity index (χ0v) is 21.4. The van der Waals surface area contributed by atoms with Gasteiger partial charge in [-0.05, 0) is 49.9 Å². The first-order valence-corrected chi connectivity index (χ1v) is 13.7. The molecular weight excluding hydrogens is 495 g/mol. The normalized spacial score (nSPS) is 29.5. The zero-order chi connectivity index (χ0) is 25.7. The molecular formula is C25H31FN8O2S. The lowest BCUT2D eigenvalue weighted by Crippen LogP contribution is -2.46. The summed E-state index contributed by atoms with van der Waals surface area (Å²) < 4.78 is 14.8. The van der Waals surface area contributed by atoms with Crippen LogP contribution in [0.1, 0.15) is 12.8 Å². The van der Waals surface area contributed by atoms with Crippen LogP contribution in [0.25, 0.3) is 0 Å². The van der Waals surface area contributed by atoms with Crippen LogP contribution in [0.2, 0.25) is 0 Å². The Morgan fingerprint density at radius 3 is 2.78 bits per heavy atom. The molecule has 2 aromatic rings. The molecule has 0 unspecified atom stereocenters. The van der Waals surface area contributed by atoms with E-state index in [0.29, 0.717) is 11.4 Å². The molecule has 2 saturated carbocycles. The number of primary amides is 1. The summed E-state index contributed by atoms with van der Waals surface area (Å²) in [6.45, 7) is 3.62. The van der Waals surface area contributed by atoms with Gasteiger partial charge in [0.15, 0.2) is 11.6 Å². The number of benzene rings is 1. The van der Waals surface area contributed by atoms with Crippen molar-refractivity contribution >= 4 is 52.4 Å². The largest absolute Gasteiger partial charge is 0.369 e. The van der Waals surface area contributed by atoms with Gasteiger partial charge in [0.2, 0.25) is 17.8 Å². The summed E-state index contributed by atoms with van der Waals surface area (Å²) in [5, 5.41) is 9.63. The minimum absolute atomic E-state index is 0.0448. The predicted octanol–water partition coefficient (Wildman–Crippen LogP) is 2.09. The van der Waals surface area contributed by atoms with E-state index in [1.165, 1.54) is 0 Å². The summed E-state index contributed by atoms with van der Waals surface area (Å²) in [6, 6.07) is 5.41. The van der Waals surface area contributed by atoms with Crippen molar-refractivity contribution < 1.29 is 14.0 Å². The maximum absolute atomic E-state index is 14.8. The second-order valence-corrected chi connectivity index (χ2v) is 11.7. The van der Waals surface area contributed by atoms with E-state index in [1.54, 1.807) is 11.8 Å². The monoisotopic (exact) mass is 526 g/mol. The maximum Gasteiger partial charge on any atom is 0.234 e. The van der Waals surface area contributed by atoms with E-state index in [4.69, 9.17) is 5.73 Å². The van der Waals surface area contributed by atoms with Crippen molar-refractivity contribution in [2.75, 3.05) is 59.8 Å². The quantitative estimate of drug-likeness (QED) is 0.465. The number of nitrogens with two attached hydrogens (primary N) is 1. The SMILES string of the molecule is CN1CCN(c2ccc3cc2NC(=O)CS[C@@H]2C[C@@H]4C[C@H]2[C@@H](Nc2nc(ncc2F)N3)[C@H]4C(N)=O)CC1. The van der Waals surface area contributed by atoms with Crippen molar-refractivity contribution in [1.82, 2.24) is 14.9 Å². The van der Waals surface area contributed by atoms with Crippen LogP contribution in [0.3, 0.4) is 0 Å². The highest BCUT2D eigenvalue weighted by atomic mass is 32.2. The number of aromatic nitrogens is 2. The molecule has 6 rings (SSSR count). The number of thioether (sulfide) groups is 1. The molecule has 1 aromatic heterocycles. The standard InChI is InChI=1S/C25H31FN8O2S/c1-33-4-6-34(7-5-33)18-3-2-14-10-17(18)30-20(35)12-37-19-9-13-8-15(19)22(21(13)23(27)36)31-24-16(26)11-28-25(29-14)32-24/h2-3,10-11,13,15,19,21-22H,4-9,12H2,1H3,(H2,27,36)(H,30,35)(H2,28,29,31,32)/t13-,15+,19+,21-,22+/m0/s1. The first-order chi connectivity index (χ1) is 17.9. The Balaban J connectivity index is 1.35. The third-order valence-corrected chi connectivity index (χ3v) is 9.52. The van der Waals surface area contributed by atoms with Gasteiger partial charge < -0.3 is 31.5 Å². The lowest BCUT2D eigenvalue weighted by Gasteiger charge is -2.35. The fourth-order valence-corrected chi connectivity index (χ4v) is 7.67. The van der Waals surface area contributed by atoms with Crippen LogP contribution in [-0.4, -0.2) is 77.0 Å². The Hall–Kier alpha value is -3.12. The molecule has 5 atom stereocenters. The van der Waals surface area contributed by atoms with Crippen LogP contribution in [0.15, 0.2) is 24.4 Å². The molecule has 3 fully saturated rings. The Morgan fingerprint density at radius 1 is 1.19 bits per heavy atom. The number of halogens is 1. The number of piperazine rings is 1. The fraction of sp³-hybridized carbons (Fsp3) is 0.520. The van der Waals surface area contributed by atoms with Gasteiger partial charge in [-0.15, -0.1) is 11.8 Å². The first kappa shape index (κ1) is 24.2. The summed E-state index contributed by atoms with van der Waals surface area (Å²) in [5.74, 6) is -0.708. The van der Waals surface area contributed by atoms with Crippen LogP contribution >= 0.6 is 11.8 Å². The highest BCUT2D eigenvalue weighted by molar-refractivity contribution is 8.00. The fourth-order valence-electron chi connectivity index (χ4n) is 6.32. The van der Waals surface area contributed by atoms with Gasteiger partial charge in [-0.3, -0.25) is 9.59 Å². The van der Waals surface area contributed by atoms with Gasteiger partial charge in [0.05, 0.1) is 29.2 Å². The number of nitrogens with zero attached hydrogens (tertiary/aromatic N) is 4. The number of carbonyl (C=O) groups excluding carboxylic acids is 2. The number of rotatable bonds is 2. The summed E-state index contributed by atoms with van der Waals surface area (Å²) >= 11 is 1.60. The molecule has 2 amide bonds. The minimum atomic E-state index is -0.590. The summed E-state index contributed by atoms with van der Waals surface area (Å²) in [7, 11) is 2.11. The van der Waals surface area contributed by atoms with Gasteiger partial charge in [-0.2, -0.15) is 4.98 Å². The van der Waals surface area contributed by atoms with Gasteiger partial charge in [0, 0.05) is 43.2 Å². The van der Waals surface area contributed by atoms with Gasteiger partial charge in [0.1, 0.15) is 0 Å². The number of likely N-dealkylation sites (N-methyl/N-ethyl adjacent to an activating group) is 1. The van der Waals surface area contributed by atoms with E-state index in [-0.39, 0.29) is 46.7 Å². The molecule has 3 heterocycles. The molecule has 12 heteroatoms. The van der Waals surface area contributed by atoms with Crippen LogP contribution in [0.4, 0.5) is 33.2 Å². The number of hydrogen-bond donors (Lipinski definition) is 4. The highest BCUT2D eigenvalue weighted by Crippen LogP contribution is 2.53. The van der Waals surface area contributed by atoms with E-state index >= 15 is 0 Å². The number of anilines is 5. The predicted molar refractivity (Wildman–Crippen MR) is 143 cm³/mol. The molecule has 10 nitrogen and oxygen atoms in total. The second-order valence-electron chi connectivity index (χ2n) is 10.4. The minimum Gasteiger partial charge on any atom is -0.369 e. The van der Waals surface area contributed by atoms with Crippen molar-refractivity contribution in [3.8, 4) is 0 Å². The third-order valence-electron chi connectivity index (χ3n) is 8.12. The number of amides is 2. The maximum atomic E-state index is 14.8. The van der Waals surface area contributed by atoms with Crippen LogP contribution in [0.5, 0.6) is 0 Å². The molecule has 6 bridgehead atoms. The van der Waals surface area contributed by atoms with Crippen molar-refractivity contribution in [3.63, 3.8) is 0 Å².